The molecular formula is C26H26N2O5. The average molecular weight is 447 g/mol. The quantitative estimate of drug-likeness (QED) is 0.567. The van der Waals surface area contributed by atoms with E-state index < -0.39 is 18.0 Å². The Kier molecular flexibility index (Phi) is 6.94. The zero-order valence-corrected chi connectivity index (χ0v) is 18.2. The summed E-state index contributed by atoms with van der Waals surface area (Å²) >= 11 is 0. The highest BCUT2D eigenvalue weighted by Crippen LogP contribution is 2.44. The monoisotopic (exact) mass is 446 g/mol. The number of fused-ring (bicyclic) bond motifs is 3. The van der Waals surface area contributed by atoms with Gasteiger partial charge in [0.2, 0.25) is 0 Å². The lowest BCUT2D eigenvalue weighted by Crippen LogP contribution is -2.36. The molecule has 1 saturated carbocycles. The largest absolute Gasteiger partial charge is 0.481 e. The molecular weight excluding hydrogens is 420 g/mol. The molecule has 0 heterocycles. The zero-order chi connectivity index (χ0) is 23.2. The van der Waals surface area contributed by atoms with Crippen LogP contribution in [0.2, 0.25) is 0 Å². The van der Waals surface area contributed by atoms with E-state index in [1.807, 2.05) is 24.3 Å². The van der Waals surface area contributed by atoms with E-state index in [0.717, 1.165) is 24.0 Å². The number of alkyl carbamates (subject to hydrolysis) is 1. The van der Waals surface area contributed by atoms with Gasteiger partial charge < -0.3 is 20.5 Å². The number of rotatable bonds is 7. The first kappa shape index (κ1) is 22.4. The van der Waals surface area contributed by atoms with Gasteiger partial charge in [-0.25, -0.2) is 4.79 Å². The van der Waals surface area contributed by atoms with Crippen molar-refractivity contribution in [2.75, 3.05) is 19.7 Å². The van der Waals surface area contributed by atoms with Crippen molar-refractivity contribution in [1.82, 2.24) is 10.6 Å². The molecule has 0 atom stereocenters. The molecule has 0 spiro atoms. The Labute approximate surface area is 192 Å². The molecule has 2 amide bonds. The molecule has 2 aromatic carbocycles. The molecule has 4 rings (SSSR count). The minimum absolute atomic E-state index is 0.00814. The van der Waals surface area contributed by atoms with Crippen molar-refractivity contribution < 1.29 is 24.2 Å². The second kappa shape index (κ2) is 10.2. The fourth-order valence-electron chi connectivity index (χ4n) is 4.63. The van der Waals surface area contributed by atoms with Crippen LogP contribution in [0.4, 0.5) is 4.79 Å². The van der Waals surface area contributed by atoms with Crippen LogP contribution in [-0.4, -0.2) is 42.8 Å². The van der Waals surface area contributed by atoms with Crippen LogP contribution in [0.5, 0.6) is 0 Å². The predicted octanol–water partition coefficient (Wildman–Crippen LogP) is 3.15. The Hall–Kier alpha value is -3.79. The lowest BCUT2D eigenvalue weighted by atomic mass is 9.73. The third-order valence-electron chi connectivity index (χ3n) is 6.21. The SMILES string of the molecule is O=C(O)CC1CC(CNC(=O)C#CCNC(=O)OCC2c3ccccc3-c3ccccc32)C1. The second-order valence-electron chi connectivity index (χ2n) is 8.49. The van der Waals surface area contributed by atoms with Gasteiger partial charge in [0, 0.05) is 18.9 Å². The van der Waals surface area contributed by atoms with Crippen LogP contribution in [0.3, 0.4) is 0 Å². The van der Waals surface area contributed by atoms with Gasteiger partial charge in [-0.2, -0.15) is 0 Å². The first-order valence-electron chi connectivity index (χ1n) is 11.1. The number of carbonyl (C=O) groups excluding carboxylic acids is 2. The first-order chi connectivity index (χ1) is 16.0. The summed E-state index contributed by atoms with van der Waals surface area (Å²) in [4.78, 5) is 34.5. The molecule has 0 saturated heterocycles. The summed E-state index contributed by atoms with van der Waals surface area (Å²) < 4.78 is 5.43. The van der Waals surface area contributed by atoms with E-state index in [0.29, 0.717) is 12.5 Å². The van der Waals surface area contributed by atoms with E-state index in [1.54, 1.807) is 0 Å². The number of nitrogens with one attached hydrogen (secondary N) is 2. The van der Waals surface area contributed by atoms with Gasteiger partial charge in [0.1, 0.15) is 6.61 Å². The maximum atomic E-state index is 12.1. The van der Waals surface area contributed by atoms with Gasteiger partial charge >= 0.3 is 12.1 Å². The van der Waals surface area contributed by atoms with Crippen LogP contribution < -0.4 is 10.6 Å². The van der Waals surface area contributed by atoms with E-state index >= 15 is 0 Å². The Morgan fingerprint density at radius 2 is 1.58 bits per heavy atom. The molecule has 0 radical (unpaired) electrons. The molecule has 0 bridgehead atoms. The van der Waals surface area contributed by atoms with E-state index in [4.69, 9.17) is 9.84 Å². The van der Waals surface area contributed by atoms with Gasteiger partial charge in [0.05, 0.1) is 6.54 Å². The molecule has 7 nitrogen and oxygen atoms in total. The summed E-state index contributed by atoms with van der Waals surface area (Å²) in [5.41, 5.74) is 4.61. The van der Waals surface area contributed by atoms with Crippen molar-refractivity contribution >= 4 is 18.0 Å². The number of aliphatic carboxylic acids is 1. The number of carboxylic acid groups (broad SMARTS) is 1. The highest BCUT2D eigenvalue weighted by molar-refractivity contribution is 5.93. The average Bonchev–Trinajstić information content (AvgIpc) is 3.10. The van der Waals surface area contributed by atoms with Crippen molar-refractivity contribution in [3.05, 3.63) is 59.7 Å². The predicted molar refractivity (Wildman–Crippen MR) is 122 cm³/mol. The summed E-state index contributed by atoms with van der Waals surface area (Å²) in [5.74, 6) is 4.37. The molecule has 1 fully saturated rings. The molecule has 3 N–H and O–H groups in total. The highest BCUT2D eigenvalue weighted by atomic mass is 16.5. The van der Waals surface area contributed by atoms with E-state index in [9.17, 15) is 14.4 Å². The van der Waals surface area contributed by atoms with Gasteiger partial charge in [-0.05, 0) is 52.9 Å². The summed E-state index contributed by atoms with van der Waals surface area (Å²) in [5, 5.41) is 14.0. The number of hydrogen-bond acceptors (Lipinski definition) is 4. The van der Waals surface area contributed by atoms with E-state index in [2.05, 4.69) is 46.7 Å². The van der Waals surface area contributed by atoms with Crippen molar-refractivity contribution in [2.24, 2.45) is 11.8 Å². The minimum atomic E-state index is -0.780. The van der Waals surface area contributed by atoms with Crippen LogP contribution >= 0.6 is 0 Å². The third kappa shape index (κ3) is 5.53. The summed E-state index contributed by atoms with van der Waals surface area (Å²) in [6, 6.07) is 16.2. The number of ether oxygens (including phenoxy) is 1. The van der Waals surface area contributed by atoms with E-state index in [-0.39, 0.29) is 31.4 Å². The zero-order valence-electron chi connectivity index (χ0n) is 18.2. The fourth-order valence-corrected chi connectivity index (χ4v) is 4.63. The Bertz CT molecular complexity index is 1070. The summed E-state index contributed by atoms with van der Waals surface area (Å²) in [7, 11) is 0. The third-order valence-corrected chi connectivity index (χ3v) is 6.21. The molecule has 2 aliphatic rings. The molecule has 33 heavy (non-hydrogen) atoms. The van der Waals surface area contributed by atoms with Crippen LogP contribution in [0.25, 0.3) is 11.1 Å². The van der Waals surface area contributed by atoms with Gasteiger partial charge in [0.15, 0.2) is 0 Å². The standard InChI is InChI=1S/C26H26N2O5/c29-24(28-15-18-12-17(13-18)14-25(30)31)10-5-11-27-26(32)33-16-23-21-8-3-1-6-19(21)20-7-2-4-9-22(20)23/h1-4,6-9,17-18,23H,11-16H2,(H,27,32)(H,28,29)(H,30,31). The van der Waals surface area contributed by atoms with Crippen LogP contribution in [0, 0.1) is 23.7 Å². The Balaban J connectivity index is 1.17. The molecule has 2 aromatic rings. The summed E-state index contributed by atoms with van der Waals surface area (Å²) in [6.07, 6.45) is 1.23. The second-order valence-corrected chi connectivity index (χ2v) is 8.49. The van der Waals surface area contributed by atoms with Gasteiger partial charge in [-0.15, -0.1) is 0 Å². The van der Waals surface area contributed by atoms with Gasteiger partial charge in [0.25, 0.3) is 5.91 Å². The van der Waals surface area contributed by atoms with E-state index in [1.165, 1.54) is 11.1 Å². The molecule has 0 aliphatic heterocycles. The maximum Gasteiger partial charge on any atom is 0.407 e. The number of benzene rings is 2. The molecule has 0 unspecified atom stereocenters. The topological polar surface area (TPSA) is 105 Å². The summed E-state index contributed by atoms with van der Waals surface area (Å²) in [6.45, 7) is 0.718. The molecule has 2 aliphatic carbocycles. The molecule has 170 valence electrons. The smallest absolute Gasteiger partial charge is 0.407 e. The lowest BCUT2D eigenvalue weighted by molar-refractivity contribution is -0.139. The van der Waals surface area contributed by atoms with Crippen LogP contribution in [0.1, 0.15) is 36.3 Å². The first-order valence-corrected chi connectivity index (χ1v) is 11.1. The number of hydrogen-bond donors (Lipinski definition) is 3. The van der Waals surface area contributed by atoms with Gasteiger partial charge in [-0.3, -0.25) is 9.59 Å². The van der Waals surface area contributed by atoms with Crippen molar-refractivity contribution in [3.8, 4) is 23.0 Å². The normalized spacial score (nSPS) is 18.1. The Morgan fingerprint density at radius 1 is 0.939 bits per heavy atom. The van der Waals surface area contributed by atoms with Crippen molar-refractivity contribution in [2.45, 2.75) is 25.2 Å². The fraction of sp³-hybridized carbons (Fsp3) is 0.346. The number of carbonyl (C=O) groups is 3. The molecule has 0 aromatic heterocycles. The van der Waals surface area contributed by atoms with Crippen molar-refractivity contribution in [1.29, 1.82) is 0 Å². The molecule has 7 heteroatoms. The lowest BCUT2D eigenvalue weighted by Gasteiger charge is -2.34. The van der Waals surface area contributed by atoms with Crippen molar-refractivity contribution in [3.63, 3.8) is 0 Å². The number of carboxylic acids is 1. The minimum Gasteiger partial charge on any atom is -0.481 e. The number of amides is 2. The van der Waals surface area contributed by atoms with Gasteiger partial charge in [-0.1, -0.05) is 54.5 Å². The van der Waals surface area contributed by atoms with Crippen LogP contribution in [-0.2, 0) is 14.3 Å². The maximum absolute atomic E-state index is 12.1. The highest BCUT2D eigenvalue weighted by Gasteiger charge is 2.31. The van der Waals surface area contributed by atoms with Crippen LogP contribution in [0.15, 0.2) is 48.5 Å². The Morgan fingerprint density at radius 3 is 2.21 bits per heavy atom.